The van der Waals surface area contributed by atoms with Crippen LogP contribution in [-0.2, 0) is 12.2 Å². The van der Waals surface area contributed by atoms with E-state index < -0.39 is 0 Å². The lowest BCUT2D eigenvalue weighted by atomic mass is 10.2. The second-order valence-corrected chi connectivity index (χ2v) is 5.27. The average Bonchev–Trinajstić information content (AvgIpc) is 2.85. The van der Waals surface area contributed by atoms with Crippen molar-refractivity contribution in [1.29, 1.82) is 5.26 Å². The number of aromatic nitrogens is 2. The lowest BCUT2D eigenvalue weighted by Crippen LogP contribution is -1.87. The summed E-state index contributed by atoms with van der Waals surface area (Å²) in [6.45, 7) is 2.08. The van der Waals surface area contributed by atoms with E-state index in [1.54, 1.807) is 11.8 Å². The van der Waals surface area contributed by atoms with E-state index in [1.807, 2.05) is 6.07 Å². The molecular weight excluding hydrogens is 258 g/mol. The molecule has 2 aromatic rings. The lowest BCUT2D eigenvalue weighted by Gasteiger charge is -1.99. The van der Waals surface area contributed by atoms with Crippen molar-refractivity contribution in [2.24, 2.45) is 0 Å². The Labute approximate surface area is 116 Å². The van der Waals surface area contributed by atoms with Crippen LogP contribution in [0.25, 0.3) is 0 Å². The van der Waals surface area contributed by atoms with Crippen LogP contribution < -0.4 is 0 Å². The van der Waals surface area contributed by atoms with Crippen molar-refractivity contribution in [3.05, 3.63) is 41.5 Å². The SMILES string of the molecule is Cc1cccc(SCc2noc(CCCC#N)n2)c1. The third kappa shape index (κ3) is 4.42. The molecule has 0 aliphatic rings. The maximum atomic E-state index is 8.46. The Balaban J connectivity index is 1.85. The van der Waals surface area contributed by atoms with Crippen molar-refractivity contribution < 1.29 is 4.52 Å². The van der Waals surface area contributed by atoms with Crippen LogP contribution in [0.4, 0.5) is 0 Å². The molecule has 0 bridgehead atoms. The number of unbranched alkanes of at least 4 members (excludes halogenated alkanes) is 1. The molecule has 0 N–H and O–H groups in total. The molecule has 1 aromatic heterocycles. The van der Waals surface area contributed by atoms with Gasteiger partial charge in [-0.1, -0.05) is 22.9 Å². The zero-order valence-corrected chi connectivity index (χ0v) is 11.6. The summed E-state index contributed by atoms with van der Waals surface area (Å²) in [5.74, 6) is 2.03. The van der Waals surface area contributed by atoms with Gasteiger partial charge in [-0.15, -0.1) is 11.8 Å². The quantitative estimate of drug-likeness (QED) is 0.595. The second-order valence-electron chi connectivity index (χ2n) is 4.22. The summed E-state index contributed by atoms with van der Waals surface area (Å²) < 4.78 is 5.14. The molecule has 98 valence electrons. The highest BCUT2D eigenvalue weighted by Crippen LogP contribution is 2.22. The number of rotatable bonds is 6. The van der Waals surface area contributed by atoms with Gasteiger partial charge in [-0.3, -0.25) is 0 Å². The monoisotopic (exact) mass is 273 g/mol. The fraction of sp³-hybridized carbons (Fsp3) is 0.357. The molecule has 0 amide bonds. The van der Waals surface area contributed by atoms with Crippen molar-refractivity contribution in [3.8, 4) is 6.07 Å². The van der Waals surface area contributed by atoms with Gasteiger partial charge in [-0.25, -0.2) is 0 Å². The largest absolute Gasteiger partial charge is 0.339 e. The zero-order chi connectivity index (χ0) is 13.5. The first-order valence-electron chi connectivity index (χ1n) is 6.16. The summed E-state index contributed by atoms with van der Waals surface area (Å²) in [6.07, 6.45) is 1.97. The first kappa shape index (κ1) is 13.6. The molecule has 0 aliphatic heterocycles. The molecule has 2 rings (SSSR count). The van der Waals surface area contributed by atoms with Gasteiger partial charge in [0.15, 0.2) is 5.82 Å². The average molecular weight is 273 g/mol. The number of hydrogen-bond acceptors (Lipinski definition) is 5. The molecule has 0 unspecified atom stereocenters. The summed E-state index contributed by atoms with van der Waals surface area (Å²) in [6, 6.07) is 10.4. The van der Waals surface area contributed by atoms with Crippen LogP contribution in [0.1, 0.15) is 30.1 Å². The summed E-state index contributed by atoms with van der Waals surface area (Å²) in [7, 11) is 0. The predicted octanol–water partition coefficient (Wildman–Crippen LogP) is 3.52. The molecule has 0 atom stereocenters. The zero-order valence-electron chi connectivity index (χ0n) is 10.8. The standard InChI is InChI=1S/C14H15N3OS/c1-11-5-4-6-12(9-11)19-10-13-16-14(18-17-13)7-2-3-8-15/h4-6,9H,2-3,7,10H2,1H3. The molecular formula is C14H15N3OS. The minimum atomic E-state index is 0.524. The molecule has 0 saturated heterocycles. The summed E-state index contributed by atoms with van der Waals surface area (Å²) in [4.78, 5) is 5.52. The molecule has 4 nitrogen and oxygen atoms in total. The van der Waals surface area contributed by atoms with E-state index in [0.717, 1.165) is 6.42 Å². The second kappa shape index (κ2) is 6.95. The summed E-state index contributed by atoms with van der Waals surface area (Å²) in [5.41, 5.74) is 1.25. The normalized spacial score (nSPS) is 10.3. The van der Waals surface area contributed by atoms with Gasteiger partial charge in [0.2, 0.25) is 5.89 Å². The molecule has 0 radical (unpaired) electrons. The number of hydrogen-bond donors (Lipinski definition) is 0. The van der Waals surface area contributed by atoms with Gasteiger partial charge >= 0.3 is 0 Å². The molecule has 5 heteroatoms. The minimum absolute atomic E-state index is 0.524. The molecule has 0 fully saturated rings. The minimum Gasteiger partial charge on any atom is -0.339 e. The topological polar surface area (TPSA) is 62.7 Å². The van der Waals surface area contributed by atoms with Crippen LogP contribution in [0.3, 0.4) is 0 Å². The number of thioether (sulfide) groups is 1. The Bertz CT molecular complexity index is 574. The van der Waals surface area contributed by atoms with E-state index in [1.165, 1.54) is 10.5 Å². The Kier molecular flexibility index (Phi) is 4.99. The fourth-order valence-electron chi connectivity index (χ4n) is 1.62. The van der Waals surface area contributed by atoms with Gasteiger partial charge in [-0.2, -0.15) is 10.2 Å². The first-order valence-corrected chi connectivity index (χ1v) is 7.14. The van der Waals surface area contributed by atoms with E-state index in [-0.39, 0.29) is 0 Å². The van der Waals surface area contributed by atoms with E-state index in [2.05, 4.69) is 41.3 Å². The van der Waals surface area contributed by atoms with Gasteiger partial charge < -0.3 is 4.52 Å². The molecule has 0 spiro atoms. The highest BCUT2D eigenvalue weighted by molar-refractivity contribution is 7.98. The summed E-state index contributed by atoms with van der Waals surface area (Å²) in [5, 5.41) is 12.4. The highest BCUT2D eigenvalue weighted by Gasteiger charge is 2.06. The van der Waals surface area contributed by atoms with Gasteiger partial charge in [0, 0.05) is 17.7 Å². The molecule has 1 heterocycles. The molecule has 1 aromatic carbocycles. The maximum Gasteiger partial charge on any atom is 0.226 e. The third-order valence-corrected chi connectivity index (χ3v) is 3.54. The van der Waals surface area contributed by atoms with Gasteiger partial charge in [0.05, 0.1) is 11.8 Å². The lowest BCUT2D eigenvalue weighted by molar-refractivity contribution is 0.372. The van der Waals surface area contributed by atoms with Crippen molar-refractivity contribution in [2.75, 3.05) is 0 Å². The van der Waals surface area contributed by atoms with Gasteiger partial charge in [-0.05, 0) is 25.5 Å². The van der Waals surface area contributed by atoms with Crippen molar-refractivity contribution in [1.82, 2.24) is 10.1 Å². The molecule has 0 saturated carbocycles. The van der Waals surface area contributed by atoms with Crippen molar-refractivity contribution >= 4 is 11.8 Å². The number of benzene rings is 1. The number of aryl methyl sites for hydroxylation is 2. The van der Waals surface area contributed by atoms with Crippen LogP contribution in [0.5, 0.6) is 0 Å². The van der Waals surface area contributed by atoms with Crippen LogP contribution >= 0.6 is 11.8 Å². The number of nitrogens with zero attached hydrogens (tertiary/aromatic N) is 3. The maximum absolute atomic E-state index is 8.46. The van der Waals surface area contributed by atoms with Crippen LogP contribution in [0.15, 0.2) is 33.7 Å². The van der Waals surface area contributed by atoms with Crippen LogP contribution in [0, 0.1) is 18.3 Å². The van der Waals surface area contributed by atoms with Crippen LogP contribution in [0.2, 0.25) is 0 Å². The Morgan fingerprint density at radius 1 is 1.42 bits per heavy atom. The molecule has 0 aliphatic carbocycles. The van der Waals surface area contributed by atoms with Gasteiger partial charge in [0.25, 0.3) is 0 Å². The van der Waals surface area contributed by atoms with E-state index in [4.69, 9.17) is 9.78 Å². The smallest absolute Gasteiger partial charge is 0.226 e. The Hall–Kier alpha value is -1.80. The fourth-order valence-corrected chi connectivity index (χ4v) is 2.48. The molecule has 19 heavy (non-hydrogen) atoms. The summed E-state index contributed by atoms with van der Waals surface area (Å²) >= 11 is 1.69. The van der Waals surface area contributed by atoms with E-state index in [9.17, 15) is 0 Å². The first-order chi connectivity index (χ1) is 9.28. The highest BCUT2D eigenvalue weighted by atomic mass is 32.2. The Morgan fingerprint density at radius 3 is 3.11 bits per heavy atom. The van der Waals surface area contributed by atoms with Crippen molar-refractivity contribution in [2.45, 2.75) is 36.8 Å². The number of nitriles is 1. The van der Waals surface area contributed by atoms with E-state index >= 15 is 0 Å². The third-order valence-electron chi connectivity index (χ3n) is 2.55. The van der Waals surface area contributed by atoms with Gasteiger partial charge in [0.1, 0.15) is 0 Å². The Morgan fingerprint density at radius 2 is 2.32 bits per heavy atom. The van der Waals surface area contributed by atoms with Crippen molar-refractivity contribution in [3.63, 3.8) is 0 Å². The van der Waals surface area contributed by atoms with Crippen LogP contribution in [-0.4, -0.2) is 10.1 Å². The predicted molar refractivity (Wildman–Crippen MR) is 73.6 cm³/mol. The van der Waals surface area contributed by atoms with E-state index in [0.29, 0.717) is 30.3 Å².